The molecule has 0 bridgehead atoms. The molecule has 0 heterocycles. The van der Waals surface area contributed by atoms with Gasteiger partial charge in [-0.3, -0.25) is 0 Å². The van der Waals surface area contributed by atoms with Crippen molar-refractivity contribution in [3.63, 3.8) is 0 Å². The Morgan fingerprint density at radius 2 is 1.46 bits per heavy atom. The monoisotopic (exact) mass is 340 g/mol. The van der Waals surface area contributed by atoms with Gasteiger partial charge in [0.25, 0.3) is 0 Å². The largest absolute Gasteiger partial charge is 1.00 e. The Hall–Kier alpha value is -0.570. The van der Waals surface area contributed by atoms with E-state index >= 15 is 0 Å². The Bertz CT molecular complexity index is 435. The van der Waals surface area contributed by atoms with Gasteiger partial charge in [-0.1, -0.05) is 95.0 Å². The van der Waals surface area contributed by atoms with Gasteiger partial charge in [0, 0.05) is 6.08 Å². The zero-order chi connectivity index (χ0) is 16.6. The van der Waals surface area contributed by atoms with Gasteiger partial charge in [-0.25, -0.2) is 4.79 Å². The molecule has 0 aliphatic rings. The Labute approximate surface area is 171 Å². The number of unbranched alkanes of at least 4 members (excludes halogenated alkanes) is 9. The quantitative estimate of drug-likeness (QED) is 0.238. The van der Waals surface area contributed by atoms with Gasteiger partial charge in [-0.15, -0.1) is 0 Å². The minimum Gasteiger partial charge on any atom is -1.00 e. The van der Waals surface area contributed by atoms with Crippen molar-refractivity contribution in [1.82, 2.24) is 0 Å². The molecule has 1 rings (SSSR count). The van der Waals surface area contributed by atoms with E-state index in [4.69, 9.17) is 4.74 Å². The number of rotatable bonds is 13. The molecule has 0 radical (unpaired) electrons. The van der Waals surface area contributed by atoms with E-state index in [1.54, 1.807) is 6.08 Å². The first-order valence-electron chi connectivity index (χ1n) is 9.23. The standard InChI is InChI=1S/C21H32O2.Na.H/c1-2-3-4-5-6-7-8-9-10-14-19-23-21(22)18-17-20-15-12-11-13-16-20;;/h11-13,15-18H,2-10,14,19H2,1H3;;/q;+1;-1. The smallest absolute Gasteiger partial charge is 1.00 e. The maximum atomic E-state index is 11.6. The van der Waals surface area contributed by atoms with Crippen molar-refractivity contribution in [3.05, 3.63) is 42.0 Å². The summed E-state index contributed by atoms with van der Waals surface area (Å²) in [4.78, 5) is 11.6. The normalized spacial score (nSPS) is 10.5. The van der Waals surface area contributed by atoms with Gasteiger partial charge < -0.3 is 6.16 Å². The predicted octanol–water partition coefficient (Wildman–Crippen LogP) is 3.28. The minimum atomic E-state index is -0.246. The third-order valence-electron chi connectivity index (χ3n) is 3.95. The fourth-order valence-electron chi connectivity index (χ4n) is 2.54. The van der Waals surface area contributed by atoms with Crippen molar-refractivity contribution in [2.75, 3.05) is 6.61 Å². The Kier molecular flexibility index (Phi) is 16.8. The Balaban J connectivity index is 0. The van der Waals surface area contributed by atoms with Gasteiger partial charge in [-0.2, -0.15) is 0 Å². The van der Waals surface area contributed by atoms with E-state index in [-0.39, 0.29) is 37.0 Å². The number of carbonyl (C=O) groups excluding carboxylic acids is 1. The Morgan fingerprint density at radius 1 is 0.917 bits per heavy atom. The van der Waals surface area contributed by atoms with E-state index in [9.17, 15) is 4.79 Å². The summed E-state index contributed by atoms with van der Waals surface area (Å²) < 4.78 is 5.21. The average Bonchev–Trinajstić information content (AvgIpc) is 2.59. The zero-order valence-corrected chi connectivity index (χ0v) is 17.6. The molecule has 24 heavy (non-hydrogen) atoms. The molecule has 1 aromatic carbocycles. The molecule has 0 unspecified atom stereocenters. The van der Waals surface area contributed by atoms with Crippen LogP contribution in [-0.4, -0.2) is 12.6 Å². The molecule has 0 aliphatic heterocycles. The van der Waals surface area contributed by atoms with Crippen LogP contribution in [0.15, 0.2) is 36.4 Å². The Morgan fingerprint density at radius 3 is 2.04 bits per heavy atom. The molecule has 0 saturated carbocycles. The van der Waals surface area contributed by atoms with Crippen LogP contribution in [0.2, 0.25) is 0 Å². The molecule has 0 atom stereocenters. The molecule has 0 amide bonds. The van der Waals surface area contributed by atoms with Gasteiger partial charge in [-0.05, 0) is 18.1 Å². The second-order valence-corrected chi connectivity index (χ2v) is 6.09. The topological polar surface area (TPSA) is 26.3 Å². The fourth-order valence-corrected chi connectivity index (χ4v) is 2.54. The van der Waals surface area contributed by atoms with Crippen LogP contribution in [0.1, 0.15) is 78.1 Å². The molecule has 0 aliphatic carbocycles. The molecule has 3 heteroatoms. The number of hydrogen-bond donors (Lipinski definition) is 0. The summed E-state index contributed by atoms with van der Waals surface area (Å²) in [5, 5.41) is 0. The van der Waals surface area contributed by atoms with Crippen molar-refractivity contribution < 1.29 is 40.5 Å². The van der Waals surface area contributed by atoms with Gasteiger partial charge >= 0.3 is 35.5 Å². The second-order valence-electron chi connectivity index (χ2n) is 6.09. The van der Waals surface area contributed by atoms with E-state index in [1.165, 1.54) is 57.4 Å². The van der Waals surface area contributed by atoms with Crippen LogP contribution < -0.4 is 29.6 Å². The second kappa shape index (κ2) is 17.3. The molecule has 0 aromatic heterocycles. The van der Waals surface area contributed by atoms with Crippen LogP contribution in [-0.2, 0) is 9.53 Å². The molecular formula is C21H33NaO2. The summed E-state index contributed by atoms with van der Waals surface area (Å²) in [5.41, 5.74) is 1.02. The van der Waals surface area contributed by atoms with Crippen LogP contribution in [0.3, 0.4) is 0 Å². The van der Waals surface area contributed by atoms with Crippen LogP contribution in [0.4, 0.5) is 0 Å². The van der Waals surface area contributed by atoms with Gasteiger partial charge in [0.05, 0.1) is 6.61 Å². The summed E-state index contributed by atoms with van der Waals surface area (Å²) in [6.45, 7) is 2.79. The molecule has 0 saturated heterocycles. The summed E-state index contributed by atoms with van der Waals surface area (Å²) in [6.07, 6.45) is 16.2. The van der Waals surface area contributed by atoms with Gasteiger partial charge in [0.2, 0.25) is 0 Å². The van der Waals surface area contributed by atoms with Crippen LogP contribution in [0.5, 0.6) is 0 Å². The van der Waals surface area contributed by atoms with Crippen molar-refractivity contribution in [2.24, 2.45) is 0 Å². The molecule has 2 nitrogen and oxygen atoms in total. The van der Waals surface area contributed by atoms with E-state index in [0.717, 1.165) is 18.4 Å². The molecule has 0 N–H and O–H groups in total. The third kappa shape index (κ3) is 13.8. The van der Waals surface area contributed by atoms with Crippen LogP contribution >= 0.6 is 0 Å². The average molecular weight is 340 g/mol. The van der Waals surface area contributed by atoms with E-state index < -0.39 is 0 Å². The third-order valence-corrected chi connectivity index (χ3v) is 3.95. The summed E-state index contributed by atoms with van der Waals surface area (Å²) in [6, 6.07) is 9.79. The maximum Gasteiger partial charge on any atom is 1.00 e. The summed E-state index contributed by atoms with van der Waals surface area (Å²) in [7, 11) is 0. The van der Waals surface area contributed by atoms with Crippen molar-refractivity contribution in [2.45, 2.75) is 71.1 Å². The van der Waals surface area contributed by atoms with E-state index in [1.807, 2.05) is 30.3 Å². The first kappa shape index (κ1) is 23.4. The summed E-state index contributed by atoms with van der Waals surface area (Å²) in [5.74, 6) is -0.246. The number of ether oxygens (including phenoxy) is 1. The van der Waals surface area contributed by atoms with Crippen molar-refractivity contribution in [3.8, 4) is 0 Å². The number of benzene rings is 1. The molecule has 130 valence electrons. The molecule has 1 aromatic rings. The SMILES string of the molecule is CCCCCCCCCCCCOC(=O)C=Cc1ccccc1.[H-].[Na+]. The first-order chi connectivity index (χ1) is 11.3. The molecular weight excluding hydrogens is 307 g/mol. The van der Waals surface area contributed by atoms with E-state index in [2.05, 4.69) is 6.92 Å². The number of hydrogen-bond acceptors (Lipinski definition) is 2. The van der Waals surface area contributed by atoms with Crippen molar-refractivity contribution in [1.29, 1.82) is 0 Å². The van der Waals surface area contributed by atoms with E-state index in [0.29, 0.717) is 6.61 Å². The van der Waals surface area contributed by atoms with Gasteiger partial charge in [0.1, 0.15) is 0 Å². The van der Waals surface area contributed by atoms with Gasteiger partial charge in [0.15, 0.2) is 0 Å². The number of esters is 1. The molecule has 0 spiro atoms. The molecule has 0 fully saturated rings. The van der Waals surface area contributed by atoms with Crippen LogP contribution in [0.25, 0.3) is 6.08 Å². The first-order valence-corrected chi connectivity index (χ1v) is 9.23. The zero-order valence-electron chi connectivity index (χ0n) is 16.6. The number of carbonyl (C=O) groups is 1. The van der Waals surface area contributed by atoms with Crippen LogP contribution in [0, 0.1) is 0 Å². The fraction of sp³-hybridized carbons (Fsp3) is 0.571. The maximum absolute atomic E-state index is 11.6. The van der Waals surface area contributed by atoms with Crippen molar-refractivity contribution >= 4 is 12.0 Å². The predicted molar refractivity (Wildman–Crippen MR) is 99.4 cm³/mol. The summed E-state index contributed by atoms with van der Waals surface area (Å²) >= 11 is 0. The minimum absolute atomic E-state index is 0.